The normalized spacial score (nSPS) is 22.6. The van der Waals surface area contributed by atoms with E-state index in [2.05, 4.69) is 31.9 Å². The highest BCUT2D eigenvalue weighted by molar-refractivity contribution is 9.26. The molecule has 0 aromatic heterocycles. The number of barbiturate groups is 1. The third-order valence-electron chi connectivity index (χ3n) is 1.38. The van der Waals surface area contributed by atoms with Gasteiger partial charge in [0.05, 0.1) is 0 Å². The van der Waals surface area contributed by atoms with Gasteiger partial charge in [0.25, 0.3) is 11.8 Å². The van der Waals surface area contributed by atoms with Gasteiger partial charge in [-0.3, -0.25) is 19.8 Å². The molecule has 0 atom stereocenters. The van der Waals surface area contributed by atoms with E-state index >= 15 is 0 Å². The van der Waals surface area contributed by atoms with E-state index in [1.54, 1.807) is 0 Å². The van der Waals surface area contributed by atoms with Crippen LogP contribution >= 0.6 is 31.9 Å². The number of halogens is 2. The average Bonchev–Trinajstić information content (AvgIpc) is 1.99. The van der Waals surface area contributed by atoms with Gasteiger partial charge in [0.15, 0.2) is 0 Å². The maximum atomic E-state index is 11.2. The topological polar surface area (TPSA) is 66.5 Å². The smallest absolute Gasteiger partial charge is 0.275 e. The summed E-state index contributed by atoms with van der Waals surface area (Å²) in [4.78, 5) is 33.9. The maximum Gasteiger partial charge on any atom is 0.330 e. The van der Waals surface area contributed by atoms with Gasteiger partial charge in [0.2, 0.25) is 3.23 Å². The summed E-state index contributed by atoms with van der Waals surface area (Å²) < 4.78 is -1.51. The first-order chi connectivity index (χ1) is 5.37. The zero-order chi connectivity index (χ0) is 9.52. The number of nitrogens with one attached hydrogen (secondary N) is 1. The second-order valence-electron chi connectivity index (χ2n) is 2.20. The minimum atomic E-state index is -1.51. The second kappa shape index (κ2) is 2.81. The lowest BCUT2D eigenvalue weighted by Gasteiger charge is -2.29. The Hall–Kier alpha value is -0.430. The molecule has 0 spiro atoms. The molecule has 12 heavy (non-hydrogen) atoms. The summed E-state index contributed by atoms with van der Waals surface area (Å²) in [6.07, 6.45) is 0. The Balaban J connectivity index is 3.04. The molecule has 0 bridgehead atoms. The van der Waals surface area contributed by atoms with Crippen LogP contribution in [0.3, 0.4) is 0 Å². The van der Waals surface area contributed by atoms with Gasteiger partial charge in [0, 0.05) is 7.05 Å². The van der Waals surface area contributed by atoms with Gasteiger partial charge < -0.3 is 0 Å². The highest BCUT2D eigenvalue weighted by Crippen LogP contribution is 2.30. The van der Waals surface area contributed by atoms with Crippen molar-refractivity contribution in [2.45, 2.75) is 3.23 Å². The van der Waals surface area contributed by atoms with Crippen molar-refractivity contribution in [2.24, 2.45) is 0 Å². The Bertz CT molecular complexity index is 276. The van der Waals surface area contributed by atoms with Crippen LogP contribution in [0.5, 0.6) is 0 Å². The SMILES string of the molecule is CN1C(=O)NC(=O)C(Br)(Br)C1=O. The molecule has 1 aliphatic rings. The van der Waals surface area contributed by atoms with Crippen LogP contribution in [0.15, 0.2) is 0 Å². The van der Waals surface area contributed by atoms with Crippen LogP contribution in [-0.2, 0) is 9.59 Å². The van der Waals surface area contributed by atoms with Crippen molar-refractivity contribution in [3.8, 4) is 0 Å². The molecule has 0 saturated carbocycles. The van der Waals surface area contributed by atoms with Gasteiger partial charge in [-0.05, 0) is 0 Å². The van der Waals surface area contributed by atoms with Crippen LogP contribution in [0.2, 0.25) is 0 Å². The van der Waals surface area contributed by atoms with Gasteiger partial charge >= 0.3 is 6.03 Å². The van der Waals surface area contributed by atoms with E-state index in [1.165, 1.54) is 7.05 Å². The van der Waals surface area contributed by atoms with Crippen molar-refractivity contribution >= 4 is 49.7 Å². The van der Waals surface area contributed by atoms with E-state index in [0.717, 1.165) is 4.90 Å². The summed E-state index contributed by atoms with van der Waals surface area (Å²) in [5.41, 5.74) is 0. The molecule has 1 rings (SSSR count). The first-order valence-corrected chi connectivity index (χ1v) is 4.47. The summed E-state index contributed by atoms with van der Waals surface area (Å²) >= 11 is 5.70. The Labute approximate surface area is 84.7 Å². The molecule has 66 valence electrons. The Morgan fingerprint density at radius 2 is 1.83 bits per heavy atom. The number of carbonyl (C=O) groups is 3. The first-order valence-electron chi connectivity index (χ1n) is 2.88. The third kappa shape index (κ3) is 1.27. The fourth-order valence-corrected chi connectivity index (χ4v) is 1.39. The minimum absolute atomic E-state index is 0.642. The van der Waals surface area contributed by atoms with Crippen molar-refractivity contribution in [3.05, 3.63) is 0 Å². The van der Waals surface area contributed by atoms with Crippen LogP contribution in [0.4, 0.5) is 4.79 Å². The van der Waals surface area contributed by atoms with E-state index in [0.29, 0.717) is 0 Å². The number of amides is 4. The lowest BCUT2D eigenvalue weighted by molar-refractivity contribution is -0.135. The van der Waals surface area contributed by atoms with E-state index in [-0.39, 0.29) is 0 Å². The number of nitrogens with zero attached hydrogens (tertiary/aromatic N) is 1. The zero-order valence-electron chi connectivity index (χ0n) is 5.93. The minimum Gasteiger partial charge on any atom is -0.275 e. The average molecular weight is 300 g/mol. The maximum absolute atomic E-state index is 11.2. The summed E-state index contributed by atoms with van der Waals surface area (Å²) in [7, 11) is 1.28. The molecule has 4 amide bonds. The molecule has 0 unspecified atom stereocenters. The van der Waals surface area contributed by atoms with E-state index in [1.807, 2.05) is 5.32 Å². The van der Waals surface area contributed by atoms with Crippen molar-refractivity contribution in [1.29, 1.82) is 0 Å². The van der Waals surface area contributed by atoms with Crippen molar-refractivity contribution in [3.63, 3.8) is 0 Å². The molecule has 5 nitrogen and oxygen atoms in total. The number of hydrogen-bond donors (Lipinski definition) is 1. The van der Waals surface area contributed by atoms with Gasteiger partial charge in [-0.1, -0.05) is 31.9 Å². The van der Waals surface area contributed by atoms with Crippen molar-refractivity contribution in [2.75, 3.05) is 7.05 Å². The number of hydrogen-bond acceptors (Lipinski definition) is 3. The number of urea groups is 1. The van der Waals surface area contributed by atoms with Crippen LogP contribution < -0.4 is 5.32 Å². The highest BCUT2D eigenvalue weighted by Gasteiger charge is 2.49. The zero-order valence-corrected chi connectivity index (χ0v) is 9.10. The molecular weight excluding hydrogens is 296 g/mol. The molecule has 1 N–H and O–H groups in total. The fourth-order valence-electron chi connectivity index (χ4n) is 0.659. The number of carbonyl (C=O) groups excluding carboxylic acids is 3. The number of alkyl halides is 2. The van der Waals surface area contributed by atoms with Crippen LogP contribution in [0.1, 0.15) is 0 Å². The van der Waals surface area contributed by atoms with E-state index in [9.17, 15) is 14.4 Å². The van der Waals surface area contributed by atoms with E-state index < -0.39 is 21.1 Å². The van der Waals surface area contributed by atoms with Crippen molar-refractivity contribution in [1.82, 2.24) is 10.2 Å². The molecule has 7 heteroatoms. The predicted octanol–water partition coefficient (Wildman–Crippen LogP) is 0.181. The molecule has 0 aromatic rings. The molecule has 1 fully saturated rings. The fraction of sp³-hybridized carbons (Fsp3) is 0.400. The molecular formula is C5H4Br2N2O3. The quantitative estimate of drug-likeness (QED) is 0.513. The highest BCUT2D eigenvalue weighted by atomic mass is 79.9. The summed E-state index contributed by atoms with van der Waals surface area (Å²) in [5.74, 6) is -1.35. The Morgan fingerprint density at radius 1 is 1.33 bits per heavy atom. The number of imide groups is 2. The molecule has 1 aliphatic heterocycles. The lowest BCUT2D eigenvalue weighted by Crippen LogP contribution is -2.61. The van der Waals surface area contributed by atoms with Crippen LogP contribution in [0, 0.1) is 0 Å². The molecule has 1 saturated heterocycles. The summed E-state index contributed by atoms with van der Waals surface area (Å²) in [6.45, 7) is 0. The summed E-state index contributed by atoms with van der Waals surface area (Å²) in [5, 5.41) is 1.98. The van der Waals surface area contributed by atoms with Gasteiger partial charge in [-0.15, -0.1) is 0 Å². The molecule has 1 heterocycles. The molecule has 0 aliphatic carbocycles. The molecule has 0 radical (unpaired) electrons. The van der Waals surface area contributed by atoms with Crippen LogP contribution in [-0.4, -0.2) is 33.0 Å². The third-order valence-corrected chi connectivity index (χ3v) is 2.78. The second-order valence-corrected chi connectivity index (χ2v) is 5.64. The predicted molar refractivity (Wildman–Crippen MR) is 46.9 cm³/mol. The summed E-state index contributed by atoms with van der Waals surface area (Å²) in [6, 6.07) is -0.723. The Morgan fingerprint density at radius 3 is 2.33 bits per heavy atom. The van der Waals surface area contributed by atoms with Gasteiger partial charge in [0.1, 0.15) is 0 Å². The van der Waals surface area contributed by atoms with Gasteiger partial charge in [-0.25, -0.2) is 4.79 Å². The van der Waals surface area contributed by atoms with Gasteiger partial charge in [-0.2, -0.15) is 0 Å². The van der Waals surface area contributed by atoms with Crippen LogP contribution in [0.25, 0.3) is 0 Å². The first kappa shape index (κ1) is 9.66. The van der Waals surface area contributed by atoms with Crippen molar-refractivity contribution < 1.29 is 14.4 Å². The Kier molecular flexibility index (Phi) is 2.26. The van der Waals surface area contributed by atoms with E-state index in [4.69, 9.17) is 0 Å². The lowest BCUT2D eigenvalue weighted by atomic mass is 10.3. The monoisotopic (exact) mass is 298 g/mol. The number of rotatable bonds is 0. The largest absolute Gasteiger partial charge is 0.330 e. The molecule has 0 aromatic carbocycles. The standard InChI is InChI=1S/C5H4Br2N2O3/c1-9-3(11)5(6,7)2(10)8-4(9)12/h1H3,(H,8,10,12).